The molecule has 0 spiro atoms. The molecule has 0 aliphatic carbocycles. The van der Waals surface area contributed by atoms with Crippen LogP contribution in [0.4, 0.5) is 9.18 Å². The number of carbonyl (C=O) groups excluding carboxylic acids is 2. The Hall–Kier alpha value is -3.01. The van der Waals surface area contributed by atoms with Gasteiger partial charge in [-0.3, -0.25) is 9.69 Å². The van der Waals surface area contributed by atoms with Crippen molar-refractivity contribution in [2.75, 3.05) is 19.8 Å². The second-order valence-corrected chi connectivity index (χ2v) is 6.05. The lowest BCUT2D eigenvalue weighted by molar-refractivity contribution is -0.127. The first-order chi connectivity index (χ1) is 13.1. The van der Waals surface area contributed by atoms with Crippen molar-refractivity contribution in [3.05, 3.63) is 42.0 Å². The molecule has 2 heterocycles. The van der Waals surface area contributed by atoms with Crippen LogP contribution in [-0.2, 0) is 17.8 Å². The Kier molecular flexibility index (Phi) is 5.97. The van der Waals surface area contributed by atoms with Gasteiger partial charge in [0.2, 0.25) is 0 Å². The fourth-order valence-corrected chi connectivity index (χ4v) is 2.72. The average Bonchev–Trinajstić information content (AvgIpc) is 3.19. The first-order valence-electron chi connectivity index (χ1n) is 8.57. The molecule has 1 aromatic heterocycles. The molecule has 0 bridgehead atoms. The molecule has 1 unspecified atom stereocenters. The molecular formula is C17H20FN5O4. The maximum atomic E-state index is 12.8. The zero-order chi connectivity index (χ0) is 19.2. The predicted molar refractivity (Wildman–Crippen MR) is 91.4 cm³/mol. The Morgan fingerprint density at radius 1 is 1.22 bits per heavy atom. The number of urea groups is 1. The number of hydrogen-bond donors (Lipinski definition) is 2. The van der Waals surface area contributed by atoms with Crippen molar-refractivity contribution in [1.82, 2.24) is 25.2 Å². The summed E-state index contributed by atoms with van der Waals surface area (Å²) in [6.45, 7) is 0.774. The van der Waals surface area contributed by atoms with Gasteiger partial charge in [0.1, 0.15) is 17.6 Å². The SMILES string of the molecule is O=C1NC(Cc2cn(CCO)nn2)C(=O)N1CCCOc1ccc(F)cc1. The molecule has 10 heteroatoms. The first kappa shape index (κ1) is 18.8. The molecular weight excluding hydrogens is 357 g/mol. The number of hydrogen-bond acceptors (Lipinski definition) is 6. The van der Waals surface area contributed by atoms with Gasteiger partial charge >= 0.3 is 6.03 Å². The van der Waals surface area contributed by atoms with Crippen molar-refractivity contribution in [3.8, 4) is 5.75 Å². The Morgan fingerprint density at radius 2 is 2.00 bits per heavy atom. The van der Waals surface area contributed by atoms with Crippen LogP contribution in [0.25, 0.3) is 0 Å². The minimum Gasteiger partial charge on any atom is -0.494 e. The Morgan fingerprint density at radius 3 is 2.74 bits per heavy atom. The van der Waals surface area contributed by atoms with Gasteiger partial charge in [0.15, 0.2) is 0 Å². The van der Waals surface area contributed by atoms with Crippen LogP contribution < -0.4 is 10.1 Å². The molecule has 1 aliphatic rings. The summed E-state index contributed by atoms with van der Waals surface area (Å²) >= 11 is 0. The highest BCUT2D eigenvalue weighted by Gasteiger charge is 2.37. The summed E-state index contributed by atoms with van der Waals surface area (Å²) in [6, 6.07) is 4.50. The van der Waals surface area contributed by atoms with Gasteiger partial charge in [-0.1, -0.05) is 5.21 Å². The Bertz CT molecular complexity index is 795. The normalized spacial score (nSPS) is 16.7. The third-order valence-corrected chi connectivity index (χ3v) is 4.04. The van der Waals surface area contributed by atoms with E-state index >= 15 is 0 Å². The summed E-state index contributed by atoms with van der Waals surface area (Å²) in [5.41, 5.74) is 0.559. The van der Waals surface area contributed by atoms with Gasteiger partial charge < -0.3 is 15.2 Å². The smallest absolute Gasteiger partial charge is 0.324 e. The van der Waals surface area contributed by atoms with Crippen LogP contribution in [0.1, 0.15) is 12.1 Å². The van der Waals surface area contributed by atoms with Crippen molar-refractivity contribution < 1.29 is 23.8 Å². The molecule has 9 nitrogen and oxygen atoms in total. The van der Waals surface area contributed by atoms with Crippen molar-refractivity contribution in [3.63, 3.8) is 0 Å². The van der Waals surface area contributed by atoms with Crippen LogP contribution in [0.15, 0.2) is 30.5 Å². The van der Waals surface area contributed by atoms with E-state index in [1.807, 2.05) is 0 Å². The number of carbonyl (C=O) groups is 2. The van der Waals surface area contributed by atoms with E-state index in [0.29, 0.717) is 31.0 Å². The molecule has 0 radical (unpaired) electrons. The van der Waals surface area contributed by atoms with Gasteiger partial charge in [-0.25, -0.2) is 13.9 Å². The van der Waals surface area contributed by atoms with E-state index < -0.39 is 12.1 Å². The number of benzene rings is 1. The molecule has 27 heavy (non-hydrogen) atoms. The lowest BCUT2D eigenvalue weighted by Gasteiger charge is -2.13. The number of halogens is 1. The molecule has 1 atom stereocenters. The van der Waals surface area contributed by atoms with Crippen LogP contribution >= 0.6 is 0 Å². The van der Waals surface area contributed by atoms with Crippen LogP contribution in [0.3, 0.4) is 0 Å². The van der Waals surface area contributed by atoms with Crippen molar-refractivity contribution >= 4 is 11.9 Å². The van der Waals surface area contributed by atoms with Crippen molar-refractivity contribution in [1.29, 1.82) is 0 Å². The molecule has 1 fully saturated rings. The maximum Gasteiger partial charge on any atom is 0.324 e. The van der Waals surface area contributed by atoms with E-state index in [9.17, 15) is 14.0 Å². The number of aliphatic hydroxyl groups is 1. The Balaban J connectivity index is 1.46. The quantitative estimate of drug-likeness (QED) is 0.482. The standard InChI is InChI=1S/C17H20FN5O4/c18-12-2-4-14(5-3-12)27-9-1-6-23-16(25)15(19-17(23)26)10-13-11-22(7-8-24)21-20-13/h2-5,11,15,24H,1,6-10H2,(H,19,26). The zero-order valence-electron chi connectivity index (χ0n) is 14.5. The first-order valence-corrected chi connectivity index (χ1v) is 8.57. The lowest BCUT2D eigenvalue weighted by Crippen LogP contribution is -2.33. The number of nitrogens with one attached hydrogen (secondary N) is 1. The van der Waals surface area contributed by atoms with Crippen LogP contribution in [0, 0.1) is 5.82 Å². The van der Waals surface area contributed by atoms with Gasteiger partial charge in [-0.15, -0.1) is 5.10 Å². The maximum absolute atomic E-state index is 12.8. The monoisotopic (exact) mass is 377 g/mol. The van der Waals surface area contributed by atoms with Crippen LogP contribution in [-0.4, -0.2) is 62.7 Å². The molecule has 0 saturated carbocycles. The van der Waals surface area contributed by atoms with Gasteiger partial charge in [-0.05, 0) is 30.7 Å². The largest absolute Gasteiger partial charge is 0.494 e. The number of ether oxygens (including phenoxy) is 1. The molecule has 1 aromatic carbocycles. The van der Waals surface area contributed by atoms with Crippen molar-refractivity contribution in [2.24, 2.45) is 0 Å². The van der Waals surface area contributed by atoms with E-state index in [1.165, 1.54) is 28.9 Å². The molecule has 2 N–H and O–H groups in total. The topological polar surface area (TPSA) is 110 Å². The third kappa shape index (κ3) is 4.79. The van der Waals surface area contributed by atoms with Gasteiger partial charge in [0.05, 0.1) is 25.5 Å². The molecule has 2 aromatic rings. The lowest BCUT2D eigenvalue weighted by atomic mass is 10.1. The number of aliphatic hydroxyl groups excluding tert-OH is 1. The summed E-state index contributed by atoms with van der Waals surface area (Å²) < 4.78 is 19.8. The highest BCUT2D eigenvalue weighted by atomic mass is 19.1. The molecule has 3 amide bonds. The highest BCUT2D eigenvalue weighted by molar-refractivity contribution is 6.04. The molecule has 1 saturated heterocycles. The van der Waals surface area contributed by atoms with Gasteiger partial charge in [-0.2, -0.15) is 0 Å². The minimum absolute atomic E-state index is 0.0599. The van der Waals surface area contributed by atoms with E-state index in [1.54, 1.807) is 6.20 Å². The third-order valence-electron chi connectivity index (χ3n) is 4.04. The summed E-state index contributed by atoms with van der Waals surface area (Å²) in [5.74, 6) is -0.139. The molecule has 144 valence electrons. The summed E-state index contributed by atoms with van der Waals surface area (Å²) in [4.78, 5) is 25.6. The van der Waals surface area contributed by atoms with E-state index in [0.717, 1.165) is 4.90 Å². The number of aromatic nitrogens is 3. The van der Waals surface area contributed by atoms with Gasteiger partial charge in [0.25, 0.3) is 5.91 Å². The fourth-order valence-electron chi connectivity index (χ4n) is 2.72. The number of nitrogens with zero attached hydrogens (tertiary/aromatic N) is 4. The van der Waals surface area contributed by atoms with E-state index in [-0.39, 0.29) is 31.3 Å². The summed E-state index contributed by atoms with van der Waals surface area (Å²) in [7, 11) is 0. The number of amides is 3. The highest BCUT2D eigenvalue weighted by Crippen LogP contribution is 2.13. The second kappa shape index (κ2) is 8.58. The van der Waals surface area contributed by atoms with E-state index in [4.69, 9.17) is 9.84 Å². The molecule has 3 rings (SSSR count). The second-order valence-electron chi connectivity index (χ2n) is 6.05. The van der Waals surface area contributed by atoms with Gasteiger partial charge in [0, 0.05) is 19.2 Å². The Labute approximate surface area is 154 Å². The summed E-state index contributed by atoms with van der Waals surface area (Å²) in [6.07, 6.45) is 2.32. The van der Waals surface area contributed by atoms with Crippen LogP contribution in [0.2, 0.25) is 0 Å². The molecule has 1 aliphatic heterocycles. The average molecular weight is 377 g/mol. The zero-order valence-corrected chi connectivity index (χ0v) is 14.5. The van der Waals surface area contributed by atoms with E-state index in [2.05, 4.69) is 15.6 Å². The van der Waals surface area contributed by atoms with Crippen molar-refractivity contribution in [2.45, 2.75) is 25.4 Å². The number of rotatable bonds is 9. The minimum atomic E-state index is -0.685. The predicted octanol–water partition coefficient (Wildman–Crippen LogP) is 0.341. The van der Waals surface area contributed by atoms with Crippen LogP contribution in [0.5, 0.6) is 5.75 Å². The number of imide groups is 1. The fraction of sp³-hybridized carbons (Fsp3) is 0.412. The summed E-state index contributed by atoms with van der Waals surface area (Å²) in [5, 5.41) is 19.3.